The van der Waals surface area contributed by atoms with E-state index in [1.165, 1.54) is 0 Å². The highest BCUT2D eigenvalue weighted by molar-refractivity contribution is 9.10. The van der Waals surface area contributed by atoms with Gasteiger partial charge in [-0.2, -0.15) is 17.6 Å². The number of rotatable bonds is 3. The first-order valence-corrected chi connectivity index (χ1v) is 3.48. The van der Waals surface area contributed by atoms with Crippen molar-refractivity contribution in [3.05, 3.63) is 0 Å². The number of hydrogen-bond acceptors (Lipinski definition) is 0. The monoisotopic (exact) mass is 232 g/mol. The summed E-state index contributed by atoms with van der Waals surface area (Å²) in [5.74, 6) is -2.21. The SMILES string of the molecule is C#CCCC(F)(F)C(F)(F)Br. The second-order valence-electron chi connectivity index (χ2n) is 1.91. The maximum atomic E-state index is 12.2. The second-order valence-corrected chi connectivity index (χ2v) is 2.90. The Labute approximate surface area is 70.1 Å². The van der Waals surface area contributed by atoms with Crippen molar-refractivity contribution in [2.24, 2.45) is 0 Å². The molecule has 0 atom stereocenters. The maximum Gasteiger partial charge on any atom is 0.363 e. The smallest absolute Gasteiger partial charge is 0.199 e. The Hall–Kier alpha value is -0.240. The summed E-state index contributed by atoms with van der Waals surface area (Å²) in [5.41, 5.74) is 0. The van der Waals surface area contributed by atoms with Gasteiger partial charge in [-0.05, 0) is 15.9 Å². The molecule has 0 fully saturated rings. The van der Waals surface area contributed by atoms with Crippen molar-refractivity contribution >= 4 is 15.9 Å². The first-order chi connectivity index (χ1) is 4.81. The maximum absolute atomic E-state index is 12.2. The third kappa shape index (κ3) is 3.10. The molecule has 64 valence electrons. The molecule has 0 heterocycles. The van der Waals surface area contributed by atoms with Crippen LogP contribution in [0, 0.1) is 12.3 Å². The molecule has 0 nitrogen and oxygen atoms in total. The minimum atomic E-state index is -4.17. The minimum absolute atomic E-state index is 0.367. The van der Waals surface area contributed by atoms with Gasteiger partial charge < -0.3 is 0 Å². The van der Waals surface area contributed by atoms with Crippen LogP contribution >= 0.6 is 15.9 Å². The van der Waals surface area contributed by atoms with Crippen LogP contribution in [0.25, 0.3) is 0 Å². The molecule has 0 aromatic rings. The summed E-state index contributed by atoms with van der Waals surface area (Å²) >= 11 is 1.58. The van der Waals surface area contributed by atoms with Gasteiger partial charge in [-0.15, -0.1) is 12.3 Å². The summed E-state index contributed by atoms with van der Waals surface area (Å²) in [5, 5.41) is 0. The summed E-state index contributed by atoms with van der Waals surface area (Å²) in [4.78, 5) is -4.17. The standard InChI is InChI=1S/C6H5BrF4/c1-2-3-4-5(8,9)6(7,10)11/h1H,3-4H2. The molecule has 0 radical (unpaired) electrons. The highest BCUT2D eigenvalue weighted by Gasteiger charge is 2.53. The lowest BCUT2D eigenvalue weighted by molar-refractivity contribution is -0.150. The fraction of sp³-hybridized carbons (Fsp3) is 0.667. The molecule has 0 unspecified atom stereocenters. The predicted molar refractivity (Wildman–Crippen MR) is 36.9 cm³/mol. The van der Waals surface area contributed by atoms with Crippen molar-refractivity contribution < 1.29 is 17.6 Å². The van der Waals surface area contributed by atoms with Gasteiger partial charge in [0.05, 0.1) is 0 Å². The molecular weight excluding hydrogens is 228 g/mol. The first-order valence-electron chi connectivity index (χ1n) is 2.69. The molecule has 0 aliphatic carbocycles. The van der Waals surface area contributed by atoms with Crippen molar-refractivity contribution in [2.75, 3.05) is 0 Å². The van der Waals surface area contributed by atoms with Crippen molar-refractivity contribution in [1.29, 1.82) is 0 Å². The van der Waals surface area contributed by atoms with Gasteiger partial charge in [0.2, 0.25) is 0 Å². The van der Waals surface area contributed by atoms with E-state index in [4.69, 9.17) is 0 Å². The average Bonchev–Trinajstić information content (AvgIpc) is 1.81. The van der Waals surface area contributed by atoms with Gasteiger partial charge >= 0.3 is 10.8 Å². The predicted octanol–water partition coefficient (Wildman–Crippen LogP) is 3.02. The van der Waals surface area contributed by atoms with Crippen molar-refractivity contribution in [2.45, 2.75) is 23.6 Å². The van der Waals surface area contributed by atoms with Crippen LogP contribution in [-0.2, 0) is 0 Å². The fourth-order valence-corrected chi connectivity index (χ4v) is 0.569. The molecular formula is C6H5BrF4. The summed E-state index contributed by atoms with van der Waals surface area (Å²) < 4.78 is 48.3. The van der Waals surface area contributed by atoms with Gasteiger partial charge in [0.1, 0.15) is 0 Å². The van der Waals surface area contributed by atoms with Crippen LogP contribution in [0.2, 0.25) is 0 Å². The molecule has 0 aromatic heterocycles. The van der Waals surface area contributed by atoms with Gasteiger partial charge in [-0.3, -0.25) is 0 Å². The van der Waals surface area contributed by atoms with E-state index in [9.17, 15) is 17.6 Å². The van der Waals surface area contributed by atoms with Gasteiger partial charge in [0, 0.05) is 12.8 Å². The van der Waals surface area contributed by atoms with Crippen LogP contribution in [0.15, 0.2) is 0 Å². The van der Waals surface area contributed by atoms with Gasteiger partial charge in [0.15, 0.2) is 0 Å². The lowest BCUT2D eigenvalue weighted by Crippen LogP contribution is -2.34. The highest BCUT2D eigenvalue weighted by Crippen LogP contribution is 2.42. The van der Waals surface area contributed by atoms with Crippen LogP contribution in [0.5, 0.6) is 0 Å². The molecule has 0 spiro atoms. The summed E-state index contributed by atoms with van der Waals surface area (Å²) in [6.07, 6.45) is 3.26. The van der Waals surface area contributed by atoms with Crippen LogP contribution in [0.3, 0.4) is 0 Å². The summed E-state index contributed by atoms with van der Waals surface area (Å²) in [6, 6.07) is 0. The van der Waals surface area contributed by atoms with Crippen LogP contribution < -0.4 is 0 Å². The average molecular weight is 233 g/mol. The summed E-state index contributed by atoms with van der Waals surface area (Å²) in [7, 11) is 0. The third-order valence-corrected chi connectivity index (χ3v) is 1.58. The molecule has 11 heavy (non-hydrogen) atoms. The Balaban J connectivity index is 4.13. The molecule has 0 aliphatic heterocycles. The fourth-order valence-electron chi connectivity index (χ4n) is 0.371. The highest BCUT2D eigenvalue weighted by atomic mass is 79.9. The van der Waals surface area contributed by atoms with Crippen LogP contribution in [-0.4, -0.2) is 10.8 Å². The quantitative estimate of drug-likeness (QED) is 0.399. The Kier molecular flexibility index (Phi) is 3.36. The number of terminal acetylenes is 1. The van der Waals surface area contributed by atoms with E-state index >= 15 is 0 Å². The molecule has 0 aliphatic rings. The largest absolute Gasteiger partial charge is 0.363 e. The first kappa shape index (κ1) is 10.8. The lowest BCUT2D eigenvalue weighted by atomic mass is 10.2. The number of halogens is 5. The van der Waals surface area contributed by atoms with E-state index in [0.717, 1.165) is 0 Å². The minimum Gasteiger partial charge on any atom is -0.199 e. The molecule has 0 saturated heterocycles. The topological polar surface area (TPSA) is 0 Å². The van der Waals surface area contributed by atoms with Gasteiger partial charge in [0.25, 0.3) is 0 Å². The molecule has 0 bridgehead atoms. The Morgan fingerprint density at radius 1 is 1.27 bits per heavy atom. The Bertz CT molecular complexity index is 164. The zero-order valence-corrected chi connectivity index (χ0v) is 6.97. The van der Waals surface area contributed by atoms with E-state index in [0.29, 0.717) is 0 Å². The van der Waals surface area contributed by atoms with E-state index in [1.54, 1.807) is 15.9 Å². The molecule has 0 aromatic carbocycles. The second kappa shape index (κ2) is 3.44. The number of hydrogen-bond donors (Lipinski definition) is 0. The van der Waals surface area contributed by atoms with E-state index in [1.807, 2.05) is 5.92 Å². The van der Waals surface area contributed by atoms with Crippen molar-refractivity contribution in [1.82, 2.24) is 0 Å². The van der Waals surface area contributed by atoms with Gasteiger partial charge in [-0.1, -0.05) is 0 Å². The van der Waals surface area contributed by atoms with Crippen LogP contribution in [0.4, 0.5) is 17.6 Å². The van der Waals surface area contributed by atoms with E-state index < -0.39 is 17.2 Å². The number of alkyl halides is 5. The van der Waals surface area contributed by atoms with Crippen molar-refractivity contribution in [3.8, 4) is 12.3 Å². The molecule has 0 amide bonds. The molecule has 0 saturated carbocycles. The third-order valence-electron chi connectivity index (χ3n) is 0.998. The van der Waals surface area contributed by atoms with Crippen molar-refractivity contribution in [3.63, 3.8) is 0 Å². The normalized spacial score (nSPS) is 12.7. The van der Waals surface area contributed by atoms with Crippen LogP contribution in [0.1, 0.15) is 12.8 Å². The summed E-state index contributed by atoms with van der Waals surface area (Å²) in [6.45, 7) is 0. The van der Waals surface area contributed by atoms with E-state index in [2.05, 4.69) is 6.42 Å². The zero-order chi connectivity index (χ0) is 9.12. The zero-order valence-electron chi connectivity index (χ0n) is 5.38. The Morgan fingerprint density at radius 2 is 1.73 bits per heavy atom. The molecule has 0 N–H and O–H groups in total. The lowest BCUT2D eigenvalue weighted by Gasteiger charge is -2.19. The molecule has 0 rings (SSSR count). The van der Waals surface area contributed by atoms with E-state index in [-0.39, 0.29) is 6.42 Å². The Morgan fingerprint density at radius 3 is 2.00 bits per heavy atom. The van der Waals surface area contributed by atoms with Gasteiger partial charge in [-0.25, -0.2) is 0 Å². The molecule has 5 heteroatoms.